The van der Waals surface area contributed by atoms with Crippen molar-refractivity contribution in [2.45, 2.75) is 24.4 Å². The first-order chi connectivity index (χ1) is 11.1. The van der Waals surface area contributed by atoms with Crippen LogP contribution < -0.4 is 10.6 Å². The van der Waals surface area contributed by atoms with E-state index in [0.29, 0.717) is 45.7 Å². The number of hydrogen-bond donors (Lipinski definition) is 3. The number of hydrogen-bond acceptors (Lipinski definition) is 4. The zero-order valence-corrected chi connectivity index (χ0v) is 13.1. The standard InChI is InChI=1S/C17H23FN2O3/c18-14-3-1-13(2-4-14)17(5-7-23-8-6-17)16(22)20-10-12-9-19-11-15(12)21/h1-4,12,15,19,21H,5-11H2,(H,20,22). The SMILES string of the molecule is O=C(NCC1CNCC1O)C1(c2ccc(F)cc2)CCOCC1. The number of amides is 1. The van der Waals surface area contributed by atoms with Crippen molar-refractivity contribution in [2.24, 2.45) is 5.92 Å². The summed E-state index contributed by atoms with van der Waals surface area (Å²) in [6, 6.07) is 6.16. The van der Waals surface area contributed by atoms with Crippen molar-refractivity contribution in [2.75, 3.05) is 32.8 Å². The molecule has 0 spiro atoms. The number of rotatable bonds is 4. The number of β-amino-alcohol motifs (C(OH)–C–C–N with tert-alkyl or cyclic N) is 1. The van der Waals surface area contributed by atoms with Gasteiger partial charge in [0.15, 0.2) is 0 Å². The summed E-state index contributed by atoms with van der Waals surface area (Å²) >= 11 is 0. The molecule has 2 fully saturated rings. The van der Waals surface area contributed by atoms with E-state index in [1.165, 1.54) is 12.1 Å². The first kappa shape index (κ1) is 16.4. The van der Waals surface area contributed by atoms with E-state index in [4.69, 9.17) is 4.74 Å². The Labute approximate surface area is 135 Å². The Morgan fingerprint density at radius 2 is 2.00 bits per heavy atom. The second kappa shape index (κ2) is 6.95. The zero-order chi connectivity index (χ0) is 16.3. The van der Waals surface area contributed by atoms with Gasteiger partial charge in [-0.05, 0) is 30.5 Å². The van der Waals surface area contributed by atoms with Crippen LogP contribution in [-0.2, 0) is 14.9 Å². The molecule has 3 N–H and O–H groups in total. The van der Waals surface area contributed by atoms with E-state index in [9.17, 15) is 14.3 Å². The average Bonchev–Trinajstić information content (AvgIpc) is 2.99. The number of carbonyl (C=O) groups excluding carboxylic acids is 1. The number of halogens is 1. The normalized spacial score (nSPS) is 26.9. The third-order valence-corrected chi connectivity index (χ3v) is 5.01. The molecule has 0 aromatic heterocycles. The van der Waals surface area contributed by atoms with Crippen LogP contribution in [-0.4, -0.2) is 50.0 Å². The third-order valence-electron chi connectivity index (χ3n) is 5.01. The molecule has 2 aliphatic rings. The van der Waals surface area contributed by atoms with E-state index in [0.717, 1.165) is 5.56 Å². The maximum absolute atomic E-state index is 13.2. The molecule has 1 aromatic carbocycles. The van der Waals surface area contributed by atoms with Crippen molar-refractivity contribution in [3.8, 4) is 0 Å². The van der Waals surface area contributed by atoms with Gasteiger partial charge in [-0.25, -0.2) is 4.39 Å². The number of benzene rings is 1. The smallest absolute Gasteiger partial charge is 0.230 e. The highest BCUT2D eigenvalue weighted by atomic mass is 19.1. The van der Waals surface area contributed by atoms with Gasteiger partial charge in [0, 0.05) is 38.8 Å². The van der Waals surface area contributed by atoms with E-state index < -0.39 is 11.5 Å². The van der Waals surface area contributed by atoms with Gasteiger partial charge in [0.25, 0.3) is 0 Å². The minimum atomic E-state index is -0.678. The third kappa shape index (κ3) is 3.39. The lowest BCUT2D eigenvalue weighted by Crippen LogP contribution is -2.49. The molecule has 0 aliphatic carbocycles. The summed E-state index contributed by atoms with van der Waals surface area (Å²) < 4.78 is 18.6. The van der Waals surface area contributed by atoms with Gasteiger partial charge in [0.05, 0.1) is 11.5 Å². The Balaban J connectivity index is 1.75. The van der Waals surface area contributed by atoms with Crippen molar-refractivity contribution in [1.29, 1.82) is 0 Å². The van der Waals surface area contributed by atoms with E-state index >= 15 is 0 Å². The molecule has 0 saturated carbocycles. The number of aliphatic hydroxyl groups is 1. The van der Waals surface area contributed by atoms with Gasteiger partial charge in [-0.2, -0.15) is 0 Å². The van der Waals surface area contributed by atoms with Gasteiger partial charge in [-0.15, -0.1) is 0 Å². The molecule has 6 heteroatoms. The highest BCUT2D eigenvalue weighted by molar-refractivity contribution is 5.88. The van der Waals surface area contributed by atoms with Crippen molar-refractivity contribution in [1.82, 2.24) is 10.6 Å². The van der Waals surface area contributed by atoms with Gasteiger partial charge in [0.2, 0.25) is 5.91 Å². The van der Waals surface area contributed by atoms with Crippen LogP contribution in [0.4, 0.5) is 4.39 Å². The molecule has 3 rings (SSSR count). The fourth-order valence-corrected chi connectivity index (χ4v) is 3.46. The lowest BCUT2D eigenvalue weighted by atomic mass is 9.73. The Kier molecular flexibility index (Phi) is 4.94. The Morgan fingerprint density at radius 3 is 2.61 bits per heavy atom. The summed E-state index contributed by atoms with van der Waals surface area (Å²) in [7, 11) is 0. The second-order valence-electron chi connectivity index (χ2n) is 6.40. The van der Waals surface area contributed by atoms with Crippen LogP contribution in [0.2, 0.25) is 0 Å². The summed E-state index contributed by atoms with van der Waals surface area (Å²) in [5.74, 6) is -0.341. The predicted molar refractivity (Wildman–Crippen MR) is 83.5 cm³/mol. The van der Waals surface area contributed by atoms with Crippen molar-refractivity contribution >= 4 is 5.91 Å². The largest absolute Gasteiger partial charge is 0.391 e. The fourth-order valence-electron chi connectivity index (χ4n) is 3.46. The Hall–Kier alpha value is -1.50. The van der Waals surface area contributed by atoms with Gasteiger partial charge < -0.3 is 20.5 Å². The molecular formula is C17H23FN2O3. The van der Waals surface area contributed by atoms with Crippen LogP contribution in [0.1, 0.15) is 18.4 Å². The first-order valence-corrected chi connectivity index (χ1v) is 8.13. The number of ether oxygens (including phenoxy) is 1. The van der Waals surface area contributed by atoms with E-state index in [2.05, 4.69) is 10.6 Å². The van der Waals surface area contributed by atoms with Gasteiger partial charge in [0.1, 0.15) is 5.82 Å². The van der Waals surface area contributed by atoms with E-state index in [1.807, 2.05) is 0 Å². The molecule has 1 aromatic rings. The molecule has 2 atom stereocenters. The Morgan fingerprint density at radius 1 is 1.30 bits per heavy atom. The maximum Gasteiger partial charge on any atom is 0.230 e. The average molecular weight is 322 g/mol. The summed E-state index contributed by atoms with van der Waals surface area (Å²) in [5, 5.41) is 15.9. The predicted octanol–water partition coefficient (Wildman–Crippen LogP) is 0.570. The van der Waals surface area contributed by atoms with Crippen LogP contribution in [0.25, 0.3) is 0 Å². The van der Waals surface area contributed by atoms with Gasteiger partial charge in [-0.3, -0.25) is 4.79 Å². The van der Waals surface area contributed by atoms with E-state index in [-0.39, 0.29) is 17.6 Å². The lowest BCUT2D eigenvalue weighted by Gasteiger charge is -2.36. The summed E-state index contributed by atoms with van der Waals surface area (Å²) in [4.78, 5) is 12.9. The molecule has 2 unspecified atom stereocenters. The van der Waals surface area contributed by atoms with Crippen LogP contribution in [0.3, 0.4) is 0 Å². The zero-order valence-electron chi connectivity index (χ0n) is 13.1. The van der Waals surface area contributed by atoms with Crippen LogP contribution >= 0.6 is 0 Å². The van der Waals surface area contributed by atoms with Gasteiger partial charge >= 0.3 is 0 Å². The molecule has 0 bridgehead atoms. The monoisotopic (exact) mass is 322 g/mol. The van der Waals surface area contributed by atoms with Crippen molar-refractivity contribution in [3.05, 3.63) is 35.6 Å². The highest BCUT2D eigenvalue weighted by Gasteiger charge is 2.42. The van der Waals surface area contributed by atoms with Crippen molar-refractivity contribution in [3.63, 3.8) is 0 Å². The molecule has 1 amide bonds. The van der Waals surface area contributed by atoms with Crippen LogP contribution in [0.15, 0.2) is 24.3 Å². The summed E-state index contributed by atoms with van der Waals surface area (Å²) in [5.41, 5.74) is 0.146. The summed E-state index contributed by atoms with van der Waals surface area (Å²) in [6.07, 6.45) is 0.734. The highest BCUT2D eigenvalue weighted by Crippen LogP contribution is 2.35. The Bertz CT molecular complexity index is 543. The fraction of sp³-hybridized carbons (Fsp3) is 0.588. The van der Waals surface area contributed by atoms with Crippen LogP contribution in [0.5, 0.6) is 0 Å². The topological polar surface area (TPSA) is 70.6 Å². The van der Waals surface area contributed by atoms with Gasteiger partial charge in [-0.1, -0.05) is 12.1 Å². The molecule has 23 heavy (non-hydrogen) atoms. The molecule has 5 nitrogen and oxygen atoms in total. The minimum absolute atomic E-state index is 0.0315. The van der Waals surface area contributed by atoms with Crippen LogP contribution in [0, 0.1) is 11.7 Å². The number of aliphatic hydroxyl groups excluding tert-OH is 1. The lowest BCUT2D eigenvalue weighted by molar-refractivity contribution is -0.130. The molecule has 126 valence electrons. The molecular weight excluding hydrogens is 299 g/mol. The second-order valence-corrected chi connectivity index (χ2v) is 6.40. The molecule has 0 radical (unpaired) electrons. The minimum Gasteiger partial charge on any atom is -0.391 e. The molecule has 2 aliphatic heterocycles. The summed E-state index contributed by atoms with van der Waals surface area (Å²) in [6.45, 7) is 2.74. The van der Waals surface area contributed by atoms with E-state index in [1.54, 1.807) is 12.1 Å². The van der Waals surface area contributed by atoms with Crippen molar-refractivity contribution < 1.29 is 19.0 Å². The maximum atomic E-state index is 13.2. The first-order valence-electron chi connectivity index (χ1n) is 8.13. The molecule has 2 saturated heterocycles. The quantitative estimate of drug-likeness (QED) is 0.758. The number of carbonyl (C=O) groups is 1. The number of nitrogens with one attached hydrogen (secondary N) is 2. The molecule has 2 heterocycles.